The zero-order chi connectivity index (χ0) is 19.7. The Labute approximate surface area is 169 Å². The number of ether oxygens (including phenoxy) is 1. The normalized spacial score (nSPS) is 17.0. The van der Waals surface area contributed by atoms with Gasteiger partial charge in [0.25, 0.3) is 5.91 Å². The van der Waals surface area contributed by atoms with E-state index in [1.165, 1.54) is 0 Å². The van der Waals surface area contributed by atoms with E-state index in [0.29, 0.717) is 30.3 Å². The van der Waals surface area contributed by atoms with Crippen LogP contribution in [0.15, 0.2) is 54.7 Å². The molecular formula is C22H22ClN3O2. The standard InChI is InChI=1S/C22H22ClN3O2/c1-15-13-19(16(2)26(15)21-5-3-4-10-24-21)22(27)25-11-12-28-20(14-25)17-6-8-18(23)9-7-17/h3-10,13,20H,11-12,14H2,1-2H3. The van der Waals surface area contributed by atoms with Crippen molar-refractivity contribution < 1.29 is 9.53 Å². The number of hydrogen-bond acceptors (Lipinski definition) is 3. The number of carbonyl (C=O) groups excluding carboxylic acids is 1. The van der Waals surface area contributed by atoms with Crippen LogP contribution in [0.5, 0.6) is 0 Å². The van der Waals surface area contributed by atoms with Crippen LogP contribution in [-0.4, -0.2) is 40.1 Å². The molecule has 28 heavy (non-hydrogen) atoms. The number of hydrogen-bond donors (Lipinski definition) is 0. The first kappa shape index (κ1) is 18.7. The Balaban J connectivity index is 1.58. The molecule has 1 aliphatic heterocycles. The molecule has 6 heteroatoms. The van der Waals surface area contributed by atoms with Gasteiger partial charge in [-0.05, 0) is 49.7 Å². The van der Waals surface area contributed by atoms with Crippen LogP contribution in [0.1, 0.15) is 33.4 Å². The van der Waals surface area contributed by atoms with Gasteiger partial charge >= 0.3 is 0 Å². The van der Waals surface area contributed by atoms with Gasteiger partial charge in [-0.15, -0.1) is 0 Å². The number of halogens is 1. The van der Waals surface area contributed by atoms with Crippen LogP contribution in [0, 0.1) is 13.8 Å². The summed E-state index contributed by atoms with van der Waals surface area (Å²) in [5.74, 6) is 0.843. The molecule has 1 unspecified atom stereocenters. The number of aromatic nitrogens is 2. The van der Waals surface area contributed by atoms with E-state index in [2.05, 4.69) is 4.98 Å². The molecule has 0 spiro atoms. The molecule has 0 N–H and O–H groups in total. The molecule has 0 saturated carbocycles. The monoisotopic (exact) mass is 395 g/mol. The van der Waals surface area contributed by atoms with Crippen molar-refractivity contribution in [1.82, 2.24) is 14.5 Å². The molecule has 2 aromatic heterocycles. The van der Waals surface area contributed by atoms with E-state index in [0.717, 1.165) is 22.8 Å². The molecule has 4 rings (SSSR count). The summed E-state index contributed by atoms with van der Waals surface area (Å²) in [5.41, 5.74) is 3.62. The van der Waals surface area contributed by atoms with E-state index in [1.807, 2.05) is 71.8 Å². The molecule has 1 atom stereocenters. The van der Waals surface area contributed by atoms with Crippen molar-refractivity contribution in [2.75, 3.05) is 19.7 Å². The van der Waals surface area contributed by atoms with E-state index < -0.39 is 0 Å². The highest BCUT2D eigenvalue weighted by Crippen LogP contribution is 2.26. The van der Waals surface area contributed by atoms with Crippen LogP contribution in [0.25, 0.3) is 5.82 Å². The van der Waals surface area contributed by atoms with Crippen molar-refractivity contribution in [3.8, 4) is 5.82 Å². The molecule has 1 amide bonds. The molecule has 1 aliphatic rings. The molecule has 1 saturated heterocycles. The highest BCUT2D eigenvalue weighted by atomic mass is 35.5. The molecule has 0 aliphatic carbocycles. The zero-order valence-corrected chi connectivity index (χ0v) is 16.7. The second-order valence-corrected chi connectivity index (χ2v) is 7.41. The average Bonchev–Trinajstić information content (AvgIpc) is 3.02. The van der Waals surface area contributed by atoms with E-state index in [9.17, 15) is 4.79 Å². The average molecular weight is 396 g/mol. The quantitative estimate of drug-likeness (QED) is 0.662. The second kappa shape index (κ2) is 7.78. The van der Waals surface area contributed by atoms with Gasteiger partial charge in [0.05, 0.1) is 18.7 Å². The minimum atomic E-state index is -0.144. The minimum absolute atomic E-state index is 0.0255. The Hall–Kier alpha value is -2.63. The van der Waals surface area contributed by atoms with Crippen molar-refractivity contribution in [2.24, 2.45) is 0 Å². The summed E-state index contributed by atoms with van der Waals surface area (Å²) in [6, 6.07) is 15.3. The van der Waals surface area contributed by atoms with E-state index in [-0.39, 0.29) is 12.0 Å². The maximum absolute atomic E-state index is 13.3. The Morgan fingerprint density at radius 2 is 1.96 bits per heavy atom. The lowest BCUT2D eigenvalue weighted by atomic mass is 10.1. The third kappa shape index (κ3) is 3.55. The SMILES string of the molecule is Cc1cc(C(=O)N2CCOC(c3ccc(Cl)cc3)C2)c(C)n1-c1ccccn1. The molecule has 3 aromatic rings. The molecule has 1 aromatic carbocycles. The van der Waals surface area contributed by atoms with Gasteiger partial charge < -0.3 is 14.2 Å². The van der Waals surface area contributed by atoms with Gasteiger partial charge in [-0.1, -0.05) is 29.8 Å². The van der Waals surface area contributed by atoms with Gasteiger partial charge in [0, 0.05) is 29.2 Å². The number of morpholine rings is 1. The summed E-state index contributed by atoms with van der Waals surface area (Å²) in [4.78, 5) is 19.6. The first-order chi connectivity index (χ1) is 13.5. The van der Waals surface area contributed by atoms with E-state index in [1.54, 1.807) is 6.20 Å². The van der Waals surface area contributed by atoms with Crippen LogP contribution >= 0.6 is 11.6 Å². The third-order valence-corrected chi connectivity index (χ3v) is 5.39. The topological polar surface area (TPSA) is 47.4 Å². The van der Waals surface area contributed by atoms with Crippen LogP contribution in [0.2, 0.25) is 5.02 Å². The smallest absolute Gasteiger partial charge is 0.255 e. The number of benzene rings is 1. The molecule has 3 heterocycles. The van der Waals surface area contributed by atoms with Crippen molar-refractivity contribution in [2.45, 2.75) is 20.0 Å². The summed E-state index contributed by atoms with van der Waals surface area (Å²) in [6.07, 6.45) is 1.61. The van der Waals surface area contributed by atoms with E-state index >= 15 is 0 Å². The Bertz CT molecular complexity index is 983. The van der Waals surface area contributed by atoms with Crippen molar-refractivity contribution >= 4 is 17.5 Å². The second-order valence-electron chi connectivity index (χ2n) is 6.97. The first-order valence-corrected chi connectivity index (χ1v) is 9.69. The van der Waals surface area contributed by atoms with Gasteiger partial charge in [-0.25, -0.2) is 4.98 Å². The fraction of sp³-hybridized carbons (Fsp3) is 0.273. The number of pyridine rings is 1. The Kier molecular flexibility index (Phi) is 5.20. The number of rotatable bonds is 3. The largest absolute Gasteiger partial charge is 0.370 e. The lowest BCUT2D eigenvalue weighted by Crippen LogP contribution is -2.42. The van der Waals surface area contributed by atoms with Gasteiger partial charge in [0.1, 0.15) is 11.9 Å². The predicted octanol–water partition coefficient (Wildman–Crippen LogP) is 4.36. The molecule has 1 fully saturated rings. The highest BCUT2D eigenvalue weighted by molar-refractivity contribution is 6.30. The maximum Gasteiger partial charge on any atom is 0.255 e. The lowest BCUT2D eigenvalue weighted by Gasteiger charge is -2.33. The molecule has 0 bridgehead atoms. The summed E-state index contributed by atoms with van der Waals surface area (Å²) < 4.78 is 7.91. The maximum atomic E-state index is 13.3. The minimum Gasteiger partial charge on any atom is -0.370 e. The number of nitrogens with zero attached hydrogens (tertiary/aromatic N) is 3. The van der Waals surface area contributed by atoms with E-state index in [4.69, 9.17) is 16.3 Å². The predicted molar refractivity (Wildman–Crippen MR) is 109 cm³/mol. The highest BCUT2D eigenvalue weighted by Gasteiger charge is 2.28. The fourth-order valence-corrected chi connectivity index (χ4v) is 3.83. The number of carbonyl (C=O) groups is 1. The number of amides is 1. The number of aryl methyl sites for hydroxylation is 1. The zero-order valence-electron chi connectivity index (χ0n) is 15.9. The summed E-state index contributed by atoms with van der Waals surface area (Å²) in [5, 5.41) is 0.689. The fourth-order valence-electron chi connectivity index (χ4n) is 3.70. The lowest BCUT2D eigenvalue weighted by molar-refractivity contribution is -0.0228. The van der Waals surface area contributed by atoms with Gasteiger partial charge in [-0.2, -0.15) is 0 Å². The summed E-state index contributed by atoms with van der Waals surface area (Å²) in [7, 11) is 0. The van der Waals surface area contributed by atoms with Crippen LogP contribution in [0.3, 0.4) is 0 Å². The van der Waals surface area contributed by atoms with Gasteiger partial charge in [0.15, 0.2) is 0 Å². The Morgan fingerprint density at radius 1 is 1.18 bits per heavy atom. The Morgan fingerprint density at radius 3 is 2.68 bits per heavy atom. The molecule has 144 valence electrons. The van der Waals surface area contributed by atoms with Crippen LogP contribution in [-0.2, 0) is 4.74 Å². The van der Waals surface area contributed by atoms with Gasteiger partial charge in [0.2, 0.25) is 0 Å². The molecule has 0 radical (unpaired) electrons. The van der Waals surface area contributed by atoms with Crippen LogP contribution in [0.4, 0.5) is 0 Å². The van der Waals surface area contributed by atoms with Crippen molar-refractivity contribution in [3.63, 3.8) is 0 Å². The van der Waals surface area contributed by atoms with Gasteiger partial charge in [-0.3, -0.25) is 4.79 Å². The summed E-state index contributed by atoms with van der Waals surface area (Å²) in [6.45, 7) is 5.57. The van der Waals surface area contributed by atoms with Crippen molar-refractivity contribution in [3.05, 3.63) is 82.3 Å². The third-order valence-electron chi connectivity index (χ3n) is 5.14. The summed E-state index contributed by atoms with van der Waals surface area (Å²) >= 11 is 5.98. The van der Waals surface area contributed by atoms with Crippen LogP contribution < -0.4 is 0 Å². The first-order valence-electron chi connectivity index (χ1n) is 9.31. The molecular weight excluding hydrogens is 374 g/mol. The van der Waals surface area contributed by atoms with Crippen molar-refractivity contribution in [1.29, 1.82) is 0 Å². The molecule has 5 nitrogen and oxygen atoms in total.